The molecule has 0 unspecified atom stereocenters. The molecule has 0 bridgehead atoms. The van der Waals surface area contributed by atoms with Crippen LogP contribution in [0.15, 0.2) is 46.2 Å². The van der Waals surface area contributed by atoms with Crippen molar-refractivity contribution in [1.82, 2.24) is 0 Å². The van der Waals surface area contributed by atoms with E-state index in [0.29, 0.717) is 20.9 Å². The molecule has 9 heteroatoms. The summed E-state index contributed by atoms with van der Waals surface area (Å²) in [5.74, 6) is -3.02. The second kappa shape index (κ2) is 11.0. The smallest absolute Gasteiger partial charge is 0.545 e. The molecule has 6 nitrogen and oxygen atoms in total. The van der Waals surface area contributed by atoms with Crippen molar-refractivity contribution in [1.29, 1.82) is 0 Å². The van der Waals surface area contributed by atoms with Crippen molar-refractivity contribution in [3.8, 4) is 0 Å². The number of ketones is 2. The monoisotopic (exact) mass is 454 g/mol. The first kappa shape index (κ1) is 25.0. The molecule has 2 aromatic rings. The summed E-state index contributed by atoms with van der Waals surface area (Å²) in [4.78, 5) is 43.4. The molecule has 0 N–H and O–H groups in total. The zero-order valence-electron chi connectivity index (χ0n) is 14.5. The molecule has 0 aliphatic heterocycles. The fourth-order valence-corrected chi connectivity index (χ4v) is 2.30. The van der Waals surface area contributed by atoms with Gasteiger partial charge in [0.2, 0.25) is 0 Å². The van der Waals surface area contributed by atoms with Gasteiger partial charge in [0.05, 0.1) is 11.9 Å². The Balaban J connectivity index is 0.000000483. The van der Waals surface area contributed by atoms with Gasteiger partial charge in [0, 0.05) is 32.0 Å². The molecular formula is C18H14O6S2Zn. The van der Waals surface area contributed by atoms with Crippen LogP contribution in [0.4, 0.5) is 0 Å². The van der Waals surface area contributed by atoms with E-state index in [9.17, 15) is 29.4 Å². The first-order chi connectivity index (χ1) is 12.0. The summed E-state index contributed by atoms with van der Waals surface area (Å²) in [5.41, 5.74) is 0.570. The van der Waals surface area contributed by atoms with Crippen LogP contribution in [0.5, 0.6) is 0 Å². The number of Topliss-reactive ketones (excluding diaryl/α,β-unsaturated/α-hetero) is 2. The Labute approximate surface area is 179 Å². The second-order valence-electron chi connectivity index (χ2n) is 5.15. The molecule has 0 spiro atoms. The minimum atomic E-state index is -1.33. The molecule has 0 aliphatic rings. The molecule has 0 fully saturated rings. The summed E-state index contributed by atoms with van der Waals surface area (Å²) < 4.78 is 0. The van der Waals surface area contributed by atoms with Gasteiger partial charge in [0.1, 0.15) is 0 Å². The van der Waals surface area contributed by atoms with Crippen molar-refractivity contribution < 1.29 is 48.9 Å². The van der Waals surface area contributed by atoms with Gasteiger partial charge in [-0.3, -0.25) is 9.59 Å². The van der Waals surface area contributed by atoms with Gasteiger partial charge in [0.25, 0.3) is 0 Å². The Kier molecular flexibility index (Phi) is 10.2. The third kappa shape index (κ3) is 7.29. The molecule has 0 atom stereocenters. The van der Waals surface area contributed by atoms with Crippen molar-refractivity contribution in [3.63, 3.8) is 0 Å². The number of carbonyl (C=O) groups is 4. The van der Waals surface area contributed by atoms with Crippen LogP contribution in [0.1, 0.15) is 55.3 Å². The average molecular weight is 456 g/mol. The summed E-state index contributed by atoms with van der Waals surface area (Å²) in [5, 5.41) is 21.1. The Morgan fingerprint density at radius 3 is 1.22 bits per heavy atom. The fourth-order valence-electron chi connectivity index (χ4n) is 1.84. The van der Waals surface area contributed by atoms with Crippen molar-refractivity contribution in [2.24, 2.45) is 0 Å². The normalized spacial score (nSPS) is 9.33. The summed E-state index contributed by atoms with van der Waals surface area (Å²) >= 11 is 7.84. The molecular weight excluding hydrogens is 442 g/mol. The maximum absolute atomic E-state index is 10.9. The van der Waals surface area contributed by atoms with Crippen LogP contribution in [-0.4, -0.2) is 23.5 Å². The zero-order valence-corrected chi connectivity index (χ0v) is 19.3. The fraction of sp³-hybridized carbons (Fsp3) is 0.111. The number of hydrogen-bond donors (Lipinski definition) is 2. The van der Waals surface area contributed by atoms with Gasteiger partial charge in [-0.15, -0.1) is 25.3 Å². The predicted octanol–water partition coefficient (Wildman–Crippen LogP) is 1.08. The number of carboxylic acid groups (broad SMARTS) is 2. The molecule has 0 heterocycles. The van der Waals surface area contributed by atoms with Crippen molar-refractivity contribution >= 4 is 48.8 Å². The number of carboxylic acids is 2. The summed E-state index contributed by atoms with van der Waals surface area (Å²) in [6, 6.07) is 8.50. The van der Waals surface area contributed by atoms with Gasteiger partial charge in [-0.25, -0.2) is 0 Å². The molecule has 0 radical (unpaired) electrons. The van der Waals surface area contributed by atoms with Crippen LogP contribution in [-0.2, 0) is 19.5 Å². The van der Waals surface area contributed by atoms with Gasteiger partial charge in [0.15, 0.2) is 11.6 Å². The number of thiol groups is 2. The van der Waals surface area contributed by atoms with E-state index in [0.717, 1.165) is 0 Å². The summed E-state index contributed by atoms with van der Waals surface area (Å²) in [6.07, 6.45) is 0. The van der Waals surface area contributed by atoms with Crippen LogP contribution in [0.25, 0.3) is 0 Å². The number of aromatic carboxylic acids is 2. The third-order valence-electron chi connectivity index (χ3n) is 3.25. The van der Waals surface area contributed by atoms with Crippen LogP contribution < -0.4 is 10.2 Å². The van der Waals surface area contributed by atoms with Gasteiger partial charge in [-0.1, -0.05) is 12.1 Å². The van der Waals surface area contributed by atoms with Crippen LogP contribution in [0, 0.1) is 0 Å². The molecule has 0 saturated carbocycles. The van der Waals surface area contributed by atoms with Crippen molar-refractivity contribution in [3.05, 3.63) is 58.7 Å². The Morgan fingerprint density at radius 2 is 1.00 bits per heavy atom. The largest absolute Gasteiger partial charge is 2.00 e. The molecule has 0 saturated heterocycles. The second-order valence-corrected chi connectivity index (χ2v) is 6.11. The Hall–Kier alpha value is -1.96. The zero-order chi connectivity index (χ0) is 20.0. The van der Waals surface area contributed by atoms with Crippen molar-refractivity contribution in [2.75, 3.05) is 0 Å². The van der Waals surface area contributed by atoms with E-state index in [2.05, 4.69) is 25.3 Å². The Bertz CT molecular complexity index is 822. The van der Waals surface area contributed by atoms with Crippen LogP contribution >= 0.6 is 25.3 Å². The SMILES string of the molecule is CC(=O)c1ccc(S)c(C(=O)[O-])c1.CC(=O)c1ccc(S)c(C(=O)[O-])c1.[Zn+2]. The number of carbonyl (C=O) groups excluding carboxylic acids is 4. The number of benzene rings is 2. The standard InChI is InChI=1S/2C9H8O3S.Zn/c2*1-5(10)6-2-3-8(13)7(4-6)9(11)12;/h2*2-4,13H,1H3,(H,11,12);/q;;+2/p-2. The van der Waals surface area contributed by atoms with Gasteiger partial charge < -0.3 is 19.8 Å². The third-order valence-corrected chi connectivity index (χ3v) is 4.03. The minimum absolute atomic E-state index is 0. The molecule has 0 aromatic heterocycles. The van der Waals surface area contributed by atoms with Gasteiger partial charge >= 0.3 is 19.5 Å². The molecule has 136 valence electrons. The first-order valence-corrected chi connectivity index (χ1v) is 8.04. The summed E-state index contributed by atoms with van der Waals surface area (Å²) in [6.45, 7) is 2.74. The first-order valence-electron chi connectivity index (χ1n) is 7.15. The Morgan fingerprint density at radius 1 is 0.704 bits per heavy atom. The predicted molar refractivity (Wildman–Crippen MR) is 96.1 cm³/mol. The quantitative estimate of drug-likeness (QED) is 0.405. The van der Waals surface area contributed by atoms with Gasteiger partial charge in [-0.2, -0.15) is 0 Å². The van der Waals surface area contributed by atoms with E-state index in [-0.39, 0.29) is 42.2 Å². The summed E-state index contributed by atoms with van der Waals surface area (Å²) in [7, 11) is 0. The van der Waals surface area contributed by atoms with E-state index in [1.807, 2.05) is 0 Å². The topological polar surface area (TPSA) is 114 Å². The van der Waals surface area contributed by atoms with E-state index >= 15 is 0 Å². The van der Waals surface area contributed by atoms with Crippen LogP contribution in [0.3, 0.4) is 0 Å². The maximum atomic E-state index is 10.9. The average Bonchev–Trinajstić information content (AvgIpc) is 2.55. The number of rotatable bonds is 4. The molecule has 2 aromatic carbocycles. The van der Waals surface area contributed by atoms with E-state index in [4.69, 9.17) is 0 Å². The van der Waals surface area contributed by atoms with E-state index < -0.39 is 11.9 Å². The number of hydrogen-bond acceptors (Lipinski definition) is 8. The minimum Gasteiger partial charge on any atom is -0.545 e. The van der Waals surface area contributed by atoms with Crippen molar-refractivity contribution in [2.45, 2.75) is 23.6 Å². The van der Waals surface area contributed by atoms with E-state index in [1.54, 1.807) is 0 Å². The molecule has 0 amide bonds. The molecule has 27 heavy (non-hydrogen) atoms. The molecule has 2 rings (SSSR count). The molecule has 0 aliphatic carbocycles. The maximum Gasteiger partial charge on any atom is 2.00 e. The van der Waals surface area contributed by atoms with Gasteiger partial charge in [-0.05, 0) is 38.1 Å². The van der Waals surface area contributed by atoms with Crippen LogP contribution in [0.2, 0.25) is 0 Å². The van der Waals surface area contributed by atoms with E-state index in [1.165, 1.54) is 50.2 Å².